The van der Waals surface area contributed by atoms with Crippen molar-refractivity contribution in [1.29, 1.82) is 0 Å². The van der Waals surface area contributed by atoms with Gasteiger partial charge >= 0.3 is 0 Å². The molecular weight excluding hydrogens is 229 g/mol. The van der Waals surface area contributed by atoms with E-state index in [-0.39, 0.29) is 10.8 Å². The molecule has 0 atom stereocenters. The molecule has 0 aliphatic rings. The van der Waals surface area contributed by atoms with Crippen molar-refractivity contribution >= 4 is 11.6 Å². The quantitative estimate of drug-likeness (QED) is 0.778. The third kappa shape index (κ3) is 4.37. The maximum atomic E-state index is 13.4. The van der Waals surface area contributed by atoms with Crippen LogP contribution in [0.2, 0.25) is 5.02 Å². The Kier molecular flexibility index (Phi) is 5.56. The Morgan fingerprint density at radius 1 is 1.44 bits per heavy atom. The molecule has 0 aliphatic heterocycles. The molecule has 90 valence electrons. The van der Waals surface area contributed by atoms with Crippen LogP contribution in [0.15, 0.2) is 18.2 Å². The molecule has 0 aromatic heterocycles. The smallest absolute Gasteiger partial charge is 0.183 e. The third-order valence-electron chi connectivity index (χ3n) is 2.01. The minimum Gasteiger partial charge on any atom is -0.489 e. The molecule has 0 spiro atoms. The fraction of sp³-hybridized carbons (Fsp3) is 0.500. The lowest BCUT2D eigenvalue weighted by molar-refractivity contribution is 0.296. The lowest BCUT2D eigenvalue weighted by Gasteiger charge is -2.10. The Labute approximate surface area is 101 Å². The van der Waals surface area contributed by atoms with Crippen LogP contribution in [0, 0.1) is 11.7 Å². The summed E-state index contributed by atoms with van der Waals surface area (Å²) in [5.41, 5.74) is 0. The first-order chi connectivity index (χ1) is 7.61. The molecule has 1 rings (SSSR count). The van der Waals surface area contributed by atoms with E-state index in [0.29, 0.717) is 19.1 Å². The van der Waals surface area contributed by atoms with E-state index < -0.39 is 5.82 Å². The highest BCUT2D eigenvalue weighted by Crippen LogP contribution is 2.23. The molecular formula is C12H17ClFNO. The van der Waals surface area contributed by atoms with Crippen LogP contribution in [-0.2, 0) is 0 Å². The second-order valence-electron chi connectivity index (χ2n) is 4.00. The fourth-order valence-corrected chi connectivity index (χ4v) is 1.39. The summed E-state index contributed by atoms with van der Waals surface area (Å²) in [6, 6.07) is 4.74. The maximum absolute atomic E-state index is 13.4. The number of rotatable bonds is 6. The van der Waals surface area contributed by atoms with Crippen LogP contribution in [0.25, 0.3) is 0 Å². The summed E-state index contributed by atoms with van der Waals surface area (Å²) in [6.45, 7) is 6.32. The van der Waals surface area contributed by atoms with Crippen LogP contribution in [0.3, 0.4) is 0 Å². The van der Waals surface area contributed by atoms with Crippen molar-refractivity contribution in [3.05, 3.63) is 29.0 Å². The molecule has 0 amide bonds. The molecule has 16 heavy (non-hydrogen) atoms. The zero-order valence-corrected chi connectivity index (χ0v) is 10.4. The predicted octanol–water partition coefficient (Wildman–Crippen LogP) is 3.10. The van der Waals surface area contributed by atoms with Gasteiger partial charge in [0.2, 0.25) is 0 Å². The molecule has 1 aromatic rings. The molecule has 0 radical (unpaired) electrons. The summed E-state index contributed by atoms with van der Waals surface area (Å²) < 4.78 is 18.6. The molecule has 2 nitrogen and oxygen atoms in total. The van der Waals surface area contributed by atoms with Crippen LogP contribution in [-0.4, -0.2) is 19.7 Å². The van der Waals surface area contributed by atoms with Crippen molar-refractivity contribution in [1.82, 2.24) is 5.32 Å². The first kappa shape index (κ1) is 13.3. The average molecular weight is 246 g/mol. The summed E-state index contributed by atoms with van der Waals surface area (Å²) in [5.74, 6) is 0.315. The van der Waals surface area contributed by atoms with Crippen LogP contribution in [0.1, 0.15) is 13.8 Å². The van der Waals surface area contributed by atoms with Gasteiger partial charge in [-0.3, -0.25) is 0 Å². The molecule has 0 saturated heterocycles. The fourth-order valence-electron chi connectivity index (χ4n) is 1.22. The highest BCUT2D eigenvalue weighted by molar-refractivity contribution is 6.30. The number of ether oxygens (including phenoxy) is 1. The summed E-state index contributed by atoms with van der Waals surface area (Å²) >= 11 is 5.62. The van der Waals surface area contributed by atoms with Crippen LogP contribution in [0.4, 0.5) is 4.39 Å². The first-order valence-corrected chi connectivity index (χ1v) is 5.76. The van der Waals surface area contributed by atoms with E-state index in [4.69, 9.17) is 16.3 Å². The Morgan fingerprint density at radius 3 is 2.88 bits per heavy atom. The van der Waals surface area contributed by atoms with Gasteiger partial charge in [-0.2, -0.15) is 0 Å². The highest BCUT2D eigenvalue weighted by atomic mass is 35.5. The molecule has 0 heterocycles. The Bertz CT molecular complexity index is 331. The minimum atomic E-state index is -0.493. The van der Waals surface area contributed by atoms with Gasteiger partial charge in [-0.25, -0.2) is 4.39 Å². The van der Waals surface area contributed by atoms with Gasteiger partial charge in [0.15, 0.2) is 11.6 Å². The molecule has 1 aromatic carbocycles. The van der Waals surface area contributed by atoms with Crippen molar-refractivity contribution in [2.24, 2.45) is 5.92 Å². The second-order valence-corrected chi connectivity index (χ2v) is 4.41. The van der Waals surface area contributed by atoms with Gasteiger partial charge in [0.05, 0.1) is 5.02 Å². The molecule has 0 aliphatic carbocycles. The van der Waals surface area contributed by atoms with Gasteiger partial charge < -0.3 is 10.1 Å². The van der Waals surface area contributed by atoms with Crippen molar-refractivity contribution in [2.75, 3.05) is 19.7 Å². The van der Waals surface area contributed by atoms with E-state index in [1.54, 1.807) is 12.1 Å². The van der Waals surface area contributed by atoms with Crippen molar-refractivity contribution in [3.8, 4) is 5.75 Å². The van der Waals surface area contributed by atoms with Gasteiger partial charge in [-0.15, -0.1) is 0 Å². The maximum Gasteiger partial charge on any atom is 0.183 e. The monoisotopic (exact) mass is 245 g/mol. The van der Waals surface area contributed by atoms with Gasteiger partial charge in [0, 0.05) is 6.54 Å². The Morgan fingerprint density at radius 2 is 2.19 bits per heavy atom. The van der Waals surface area contributed by atoms with E-state index in [2.05, 4.69) is 19.2 Å². The predicted molar refractivity (Wildman–Crippen MR) is 64.6 cm³/mol. The van der Waals surface area contributed by atoms with E-state index in [9.17, 15) is 4.39 Å². The van der Waals surface area contributed by atoms with Gasteiger partial charge in [0.25, 0.3) is 0 Å². The molecule has 1 N–H and O–H groups in total. The standard InChI is InChI=1S/C12H17ClFNO/c1-9(2)8-15-6-7-16-11-5-3-4-10(13)12(11)14/h3-5,9,15H,6-8H2,1-2H3. The normalized spacial score (nSPS) is 10.8. The summed E-state index contributed by atoms with van der Waals surface area (Å²) in [6.07, 6.45) is 0. The van der Waals surface area contributed by atoms with E-state index in [1.165, 1.54) is 6.07 Å². The average Bonchev–Trinajstić information content (AvgIpc) is 2.23. The minimum absolute atomic E-state index is 0.0904. The highest BCUT2D eigenvalue weighted by Gasteiger charge is 2.06. The second kappa shape index (κ2) is 6.71. The molecule has 0 fully saturated rings. The molecule has 4 heteroatoms. The van der Waals surface area contributed by atoms with Crippen molar-refractivity contribution < 1.29 is 9.13 Å². The zero-order valence-electron chi connectivity index (χ0n) is 9.59. The number of hydrogen-bond acceptors (Lipinski definition) is 2. The number of nitrogens with one attached hydrogen (secondary N) is 1. The van der Waals surface area contributed by atoms with E-state index in [1.807, 2.05) is 0 Å². The summed E-state index contributed by atoms with van der Waals surface area (Å²) in [7, 11) is 0. The van der Waals surface area contributed by atoms with Crippen molar-refractivity contribution in [2.45, 2.75) is 13.8 Å². The Balaban J connectivity index is 2.29. The van der Waals surface area contributed by atoms with E-state index in [0.717, 1.165) is 6.54 Å². The van der Waals surface area contributed by atoms with Gasteiger partial charge in [-0.1, -0.05) is 31.5 Å². The summed E-state index contributed by atoms with van der Waals surface area (Å²) in [5, 5.41) is 3.30. The third-order valence-corrected chi connectivity index (χ3v) is 2.30. The number of benzene rings is 1. The molecule has 0 saturated carbocycles. The van der Waals surface area contributed by atoms with Crippen molar-refractivity contribution in [3.63, 3.8) is 0 Å². The lowest BCUT2D eigenvalue weighted by atomic mass is 10.2. The van der Waals surface area contributed by atoms with Gasteiger partial charge in [-0.05, 0) is 24.6 Å². The topological polar surface area (TPSA) is 21.3 Å². The van der Waals surface area contributed by atoms with Gasteiger partial charge in [0.1, 0.15) is 6.61 Å². The lowest BCUT2D eigenvalue weighted by Crippen LogP contribution is -2.25. The summed E-state index contributed by atoms with van der Waals surface area (Å²) in [4.78, 5) is 0. The first-order valence-electron chi connectivity index (χ1n) is 5.38. The number of halogens is 2. The van der Waals surface area contributed by atoms with E-state index >= 15 is 0 Å². The number of hydrogen-bond donors (Lipinski definition) is 1. The molecule has 0 unspecified atom stereocenters. The van der Waals surface area contributed by atoms with Crippen LogP contribution in [0.5, 0.6) is 5.75 Å². The zero-order chi connectivity index (χ0) is 12.0. The Hall–Kier alpha value is -0.800. The SMILES string of the molecule is CC(C)CNCCOc1cccc(Cl)c1F. The largest absolute Gasteiger partial charge is 0.489 e. The molecule has 0 bridgehead atoms. The van der Waals surface area contributed by atoms with Crippen LogP contribution < -0.4 is 10.1 Å². The van der Waals surface area contributed by atoms with Crippen LogP contribution >= 0.6 is 11.6 Å².